The lowest BCUT2D eigenvalue weighted by molar-refractivity contribution is 0.447. The Labute approximate surface area is 129 Å². The number of pyridine rings is 1. The zero-order chi connectivity index (χ0) is 16.1. The Bertz CT molecular complexity index is 966. The maximum Gasteiger partial charge on any atom is 0.258 e. The number of hydrogen-bond acceptors (Lipinski definition) is 1. The quantitative estimate of drug-likeness (QED) is 0.642. The molecule has 1 aliphatic carbocycles. The first kappa shape index (κ1) is 14.1. The lowest BCUT2D eigenvalue weighted by atomic mass is 10.00. The number of halogens is 3. The van der Waals surface area contributed by atoms with E-state index >= 15 is 0 Å². The lowest BCUT2D eigenvalue weighted by Crippen LogP contribution is -2.19. The summed E-state index contributed by atoms with van der Waals surface area (Å²) < 4.78 is 42.0. The van der Waals surface area contributed by atoms with Crippen LogP contribution in [-0.4, -0.2) is 4.57 Å². The molecule has 4 rings (SSSR count). The first-order valence-electron chi connectivity index (χ1n) is 7.35. The molecular formula is C18H12F3NO. The molecule has 0 N–H and O–H groups in total. The first-order valence-corrected chi connectivity index (χ1v) is 7.35. The minimum Gasteiger partial charge on any atom is -0.311 e. The van der Waals surface area contributed by atoms with Crippen LogP contribution in [0.2, 0.25) is 0 Å². The largest absolute Gasteiger partial charge is 0.311 e. The van der Waals surface area contributed by atoms with Crippen LogP contribution in [0.1, 0.15) is 18.9 Å². The van der Waals surface area contributed by atoms with Crippen molar-refractivity contribution in [2.45, 2.75) is 18.9 Å². The smallest absolute Gasteiger partial charge is 0.258 e. The van der Waals surface area contributed by atoms with Crippen LogP contribution in [0.15, 0.2) is 47.4 Å². The molecule has 0 radical (unpaired) electrons. The predicted octanol–water partition coefficient (Wildman–Crippen LogP) is 4.42. The zero-order valence-corrected chi connectivity index (χ0v) is 12.0. The highest BCUT2D eigenvalue weighted by Crippen LogP contribution is 2.36. The molecule has 1 aliphatic rings. The maximum atomic E-state index is 13.6. The first-order chi connectivity index (χ1) is 11.1. The molecule has 3 aromatic rings. The Morgan fingerprint density at radius 1 is 0.957 bits per heavy atom. The molecular weight excluding hydrogens is 303 g/mol. The number of aromatic nitrogens is 1. The van der Waals surface area contributed by atoms with Gasteiger partial charge in [-0.2, -0.15) is 0 Å². The molecule has 0 atom stereocenters. The van der Waals surface area contributed by atoms with Crippen LogP contribution in [0.4, 0.5) is 13.2 Å². The number of rotatable bonds is 2. The molecule has 0 unspecified atom stereocenters. The van der Waals surface area contributed by atoms with E-state index in [0.29, 0.717) is 16.3 Å². The minimum atomic E-state index is -1.49. The van der Waals surface area contributed by atoms with Crippen molar-refractivity contribution in [3.8, 4) is 11.1 Å². The average Bonchev–Trinajstić information content (AvgIpc) is 3.37. The molecule has 2 aromatic carbocycles. The Morgan fingerprint density at radius 3 is 2.17 bits per heavy atom. The monoisotopic (exact) mass is 315 g/mol. The molecule has 1 heterocycles. The fourth-order valence-corrected chi connectivity index (χ4v) is 2.88. The van der Waals surface area contributed by atoms with Crippen LogP contribution in [-0.2, 0) is 0 Å². The fraction of sp³-hybridized carbons (Fsp3) is 0.167. The van der Waals surface area contributed by atoms with Gasteiger partial charge in [-0.25, -0.2) is 13.2 Å². The minimum absolute atomic E-state index is 0.116. The highest BCUT2D eigenvalue weighted by molar-refractivity contribution is 5.95. The van der Waals surface area contributed by atoms with E-state index in [0.717, 1.165) is 25.0 Å². The van der Waals surface area contributed by atoms with Gasteiger partial charge >= 0.3 is 0 Å². The molecule has 1 saturated carbocycles. The highest BCUT2D eigenvalue weighted by Gasteiger charge is 2.26. The van der Waals surface area contributed by atoms with Crippen molar-refractivity contribution in [2.24, 2.45) is 0 Å². The van der Waals surface area contributed by atoms with Crippen molar-refractivity contribution in [3.63, 3.8) is 0 Å². The third kappa shape index (κ3) is 2.23. The van der Waals surface area contributed by atoms with Crippen molar-refractivity contribution >= 4 is 10.8 Å². The van der Waals surface area contributed by atoms with Gasteiger partial charge in [-0.3, -0.25) is 4.79 Å². The van der Waals surface area contributed by atoms with Gasteiger partial charge in [-0.1, -0.05) is 18.2 Å². The molecule has 5 heteroatoms. The molecule has 0 amide bonds. The van der Waals surface area contributed by atoms with Gasteiger partial charge in [0.2, 0.25) is 0 Å². The van der Waals surface area contributed by atoms with Gasteiger partial charge in [0.1, 0.15) is 0 Å². The van der Waals surface area contributed by atoms with E-state index in [4.69, 9.17) is 0 Å². The Morgan fingerprint density at radius 2 is 1.57 bits per heavy atom. The van der Waals surface area contributed by atoms with E-state index in [1.165, 1.54) is 0 Å². The van der Waals surface area contributed by atoms with E-state index < -0.39 is 17.5 Å². The van der Waals surface area contributed by atoms with Gasteiger partial charge in [0, 0.05) is 23.2 Å². The second-order valence-electron chi connectivity index (χ2n) is 5.79. The summed E-state index contributed by atoms with van der Waals surface area (Å²) in [6.07, 6.45) is 3.43. The number of hydrogen-bond donors (Lipinski definition) is 0. The summed E-state index contributed by atoms with van der Waals surface area (Å²) in [5.41, 5.74) is 0.617. The summed E-state index contributed by atoms with van der Waals surface area (Å²) in [6.45, 7) is 0. The van der Waals surface area contributed by atoms with Gasteiger partial charge in [0.05, 0.1) is 0 Å². The molecule has 116 valence electrons. The molecule has 23 heavy (non-hydrogen) atoms. The third-order valence-corrected chi connectivity index (χ3v) is 4.19. The summed E-state index contributed by atoms with van der Waals surface area (Å²) in [5.74, 6) is -3.98. The number of benzene rings is 2. The Hall–Kier alpha value is -2.56. The van der Waals surface area contributed by atoms with Crippen molar-refractivity contribution < 1.29 is 13.2 Å². The standard InChI is InChI=1S/C18H12F3NO/c19-15-7-10(8-16(20)17(15)21)14-9-22(11-5-6-11)18(23)13-4-2-1-3-12(13)14/h1-4,7-9,11H,5-6H2. The summed E-state index contributed by atoms with van der Waals surface area (Å²) in [5, 5.41) is 1.09. The second kappa shape index (κ2) is 4.98. The van der Waals surface area contributed by atoms with E-state index in [1.54, 1.807) is 35.0 Å². The SMILES string of the molecule is O=c1c2ccccc2c(-c2cc(F)c(F)c(F)c2)cn1C1CC1. The van der Waals surface area contributed by atoms with Crippen molar-refractivity contribution in [1.82, 2.24) is 4.57 Å². The highest BCUT2D eigenvalue weighted by atomic mass is 19.2. The molecule has 0 bridgehead atoms. The van der Waals surface area contributed by atoms with Crippen LogP contribution in [0.25, 0.3) is 21.9 Å². The average molecular weight is 315 g/mol. The molecule has 1 fully saturated rings. The fourth-order valence-electron chi connectivity index (χ4n) is 2.88. The van der Waals surface area contributed by atoms with E-state index in [1.807, 2.05) is 0 Å². The van der Waals surface area contributed by atoms with Crippen LogP contribution in [0, 0.1) is 17.5 Å². The Kier molecular flexibility index (Phi) is 3.04. The third-order valence-electron chi connectivity index (χ3n) is 4.19. The molecule has 0 spiro atoms. The predicted molar refractivity (Wildman–Crippen MR) is 81.8 cm³/mol. The molecule has 1 aromatic heterocycles. The van der Waals surface area contributed by atoms with Crippen LogP contribution in [0.3, 0.4) is 0 Å². The topological polar surface area (TPSA) is 22.0 Å². The molecule has 0 aliphatic heterocycles. The van der Waals surface area contributed by atoms with E-state index in [9.17, 15) is 18.0 Å². The number of nitrogens with zero attached hydrogens (tertiary/aromatic N) is 1. The summed E-state index contributed by atoms with van der Waals surface area (Å²) in [4.78, 5) is 12.5. The van der Waals surface area contributed by atoms with E-state index in [2.05, 4.69) is 0 Å². The summed E-state index contributed by atoms with van der Waals surface area (Å²) in [6, 6.07) is 8.96. The summed E-state index contributed by atoms with van der Waals surface area (Å²) >= 11 is 0. The van der Waals surface area contributed by atoms with Gasteiger partial charge in [0.25, 0.3) is 5.56 Å². The van der Waals surface area contributed by atoms with Crippen LogP contribution >= 0.6 is 0 Å². The van der Waals surface area contributed by atoms with Gasteiger partial charge in [0.15, 0.2) is 17.5 Å². The molecule has 2 nitrogen and oxygen atoms in total. The maximum absolute atomic E-state index is 13.6. The Balaban J connectivity index is 2.07. The molecule has 0 saturated heterocycles. The zero-order valence-electron chi connectivity index (χ0n) is 12.0. The lowest BCUT2D eigenvalue weighted by Gasteiger charge is -2.12. The van der Waals surface area contributed by atoms with Gasteiger partial charge in [-0.05, 0) is 42.0 Å². The second-order valence-corrected chi connectivity index (χ2v) is 5.79. The van der Waals surface area contributed by atoms with Crippen LogP contribution in [0.5, 0.6) is 0 Å². The number of fused-ring (bicyclic) bond motifs is 1. The van der Waals surface area contributed by atoms with Gasteiger partial charge in [-0.15, -0.1) is 0 Å². The summed E-state index contributed by atoms with van der Waals surface area (Å²) in [7, 11) is 0. The van der Waals surface area contributed by atoms with Crippen LogP contribution < -0.4 is 5.56 Å². The van der Waals surface area contributed by atoms with Crippen molar-refractivity contribution in [1.29, 1.82) is 0 Å². The van der Waals surface area contributed by atoms with Crippen molar-refractivity contribution in [2.75, 3.05) is 0 Å². The normalized spacial score (nSPS) is 14.4. The van der Waals surface area contributed by atoms with E-state index in [-0.39, 0.29) is 17.2 Å². The van der Waals surface area contributed by atoms with Gasteiger partial charge < -0.3 is 4.57 Å². The van der Waals surface area contributed by atoms with Crippen molar-refractivity contribution in [3.05, 3.63) is 70.4 Å².